The number of hydrogen-bond donors (Lipinski definition) is 8. The summed E-state index contributed by atoms with van der Waals surface area (Å²) in [6.07, 6.45) is 12.1. The fourth-order valence-electron chi connectivity index (χ4n) is 22.7. The Morgan fingerprint density at radius 2 is 0.292 bits per heavy atom. The van der Waals surface area contributed by atoms with Gasteiger partial charge in [-0.1, -0.05) is 0 Å². The zero-order valence-corrected chi connectivity index (χ0v) is 41.7. The third kappa shape index (κ3) is 6.50. The maximum Gasteiger partial charge on any atom is 0.171 e. The van der Waals surface area contributed by atoms with Gasteiger partial charge in [-0.15, -0.1) is 0 Å². The van der Waals surface area contributed by atoms with Gasteiger partial charge in [0, 0.05) is 98.7 Å². The normalized spacial score (nSPS) is 68.3. The van der Waals surface area contributed by atoms with E-state index in [2.05, 4.69) is 0 Å². The average Bonchev–Trinajstić information content (AvgIpc) is 4.09. The quantitative estimate of drug-likeness (QED) is 0.171. The van der Waals surface area contributed by atoms with Crippen LogP contribution in [0.15, 0.2) is 0 Å². The summed E-state index contributed by atoms with van der Waals surface area (Å²) in [4.78, 5) is 0. The first-order valence-corrected chi connectivity index (χ1v) is 29.4. The lowest BCUT2D eigenvalue weighted by molar-refractivity contribution is -0.359. The molecule has 17 fully saturated rings. The van der Waals surface area contributed by atoms with Crippen molar-refractivity contribution < 1.29 is 78.7 Å². The van der Waals surface area contributed by atoms with E-state index in [1.54, 1.807) is 0 Å². The number of aliphatic hydroxyl groups is 8. The van der Waals surface area contributed by atoms with E-state index in [4.69, 9.17) is 37.9 Å². The van der Waals surface area contributed by atoms with Gasteiger partial charge in [0.25, 0.3) is 0 Å². The van der Waals surface area contributed by atoms with Gasteiger partial charge >= 0.3 is 0 Å². The van der Waals surface area contributed by atoms with Gasteiger partial charge in [-0.3, -0.25) is 0 Å². The highest BCUT2D eigenvalue weighted by molar-refractivity contribution is 5.14. The van der Waals surface area contributed by atoms with Crippen LogP contribution in [0.5, 0.6) is 0 Å². The van der Waals surface area contributed by atoms with Crippen LogP contribution in [0.4, 0.5) is 0 Å². The molecule has 0 aromatic rings. The van der Waals surface area contributed by atoms with E-state index in [1.165, 1.54) is 0 Å². The van der Waals surface area contributed by atoms with Crippen molar-refractivity contribution in [2.75, 3.05) is 0 Å². The molecule has 8 N–H and O–H groups in total. The van der Waals surface area contributed by atoms with Gasteiger partial charge in [-0.2, -0.15) is 0 Å². The van der Waals surface area contributed by atoms with E-state index < -0.39 is 95.1 Å². The molecule has 17 aliphatic rings. The van der Waals surface area contributed by atoms with E-state index in [-0.39, 0.29) is 94.7 Å². The second-order valence-electron chi connectivity index (χ2n) is 29.2. The Kier molecular flexibility index (Phi) is 9.50. The molecule has 16 nitrogen and oxygen atoms in total. The van der Waals surface area contributed by atoms with Crippen molar-refractivity contribution in [2.45, 2.75) is 249 Å². The molecule has 1 saturated heterocycles. The monoisotopic (exact) mass is 1010 g/mol. The van der Waals surface area contributed by atoms with Crippen molar-refractivity contribution in [3.63, 3.8) is 0 Å². The van der Waals surface area contributed by atoms with Gasteiger partial charge in [0.1, 0.15) is 0 Å². The van der Waals surface area contributed by atoms with Crippen LogP contribution >= 0.6 is 0 Å². The maximum absolute atomic E-state index is 12.5. The predicted octanol–water partition coefficient (Wildman–Crippen LogP) is 4.03. The highest BCUT2D eigenvalue weighted by Crippen LogP contribution is 2.66. The largest absolute Gasteiger partial charge is 0.365 e. The van der Waals surface area contributed by atoms with E-state index in [9.17, 15) is 40.9 Å². The minimum absolute atomic E-state index is 0.175. The highest BCUT2D eigenvalue weighted by Gasteiger charge is 2.71. The average molecular weight is 1010 g/mol. The molecule has 32 atom stereocenters. The first-order chi connectivity index (χ1) is 34.2. The summed E-state index contributed by atoms with van der Waals surface area (Å²) in [5, 5.41) is 100. The Morgan fingerprint density at radius 1 is 0.181 bits per heavy atom. The van der Waals surface area contributed by atoms with Crippen molar-refractivity contribution in [3.05, 3.63) is 0 Å². The molecule has 1 aliphatic heterocycles. The summed E-state index contributed by atoms with van der Waals surface area (Å²) < 4.78 is 54.9. The van der Waals surface area contributed by atoms with Crippen molar-refractivity contribution in [3.8, 4) is 0 Å². The number of ether oxygens (including phenoxy) is 8. The van der Waals surface area contributed by atoms with Crippen LogP contribution in [-0.4, -0.2) is 136 Å². The van der Waals surface area contributed by atoms with Crippen LogP contribution in [-0.2, 0) is 37.9 Å². The SMILES string of the molecule is OC12CC3CC(OC4(O)CC5CC(OC6(O)CC7CC(OC8(O)CC9CC(OC%10(O)CC%11CC(OC%12(O)CC%13CC(OC%14(O)CC%15CC(OC%16(O)CC%17CC(O1)C%16C%17)C%14C%15)C%12C%13)C%10C%11)C8C9)C6C7)C4C5)C2C3. The van der Waals surface area contributed by atoms with Crippen LogP contribution in [0.1, 0.15) is 154 Å². The predicted molar refractivity (Wildman–Crippen MR) is 245 cm³/mol. The molecule has 400 valence electrons. The van der Waals surface area contributed by atoms with Crippen LogP contribution in [0, 0.1) is 94.7 Å². The van der Waals surface area contributed by atoms with Crippen molar-refractivity contribution in [2.24, 2.45) is 94.7 Å². The second kappa shape index (κ2) is 14.8. The molecule has 16 bridgehead atoms. The maximum atomic E-state index is 12.5. The van der Waals surface area contributed by atoms with Crippen LogP contribution in [0.2, 0.25) is 0 Å². The van der Waals surface area contributed by atoms with E-state index in [0.29, 0.717) is 51.4 Å². The Hall–Kier alpha value is -0.640. The van der Waals surface area contributed by atoms with Crippen molar-refractivity contribution in [1.29, 1.82) is 0 Å². The third-order valence-electron chi connectivity index (χ3n) is 24.9. The summed E-state index contributed by atoms with van der Waals surface area (Å²) >= 11 is 0. The molecule has 0 amide bonds. The summed E-state index contributed by atoms with van der Waals surface area (Å²) in [7, 11) is 0. The molecule has 16 saturated carbocycles. The smallest absolute Gasteiger partial charge is 0.171 e. The molecule has 0 spiro atoms. The molecular formula is C56H80O16. The standard InChI is InChI=1S/C56H80O16/c57-49-17-25-1-33(49)41(9-25)65-50(58)18-27-3-35(50)43(11-27)67-52(60)20-29-5-37(52)45(13-29)69-54(62)22-31-7-39(54)47(15-31)71-56(64)24-32-8-40(56)48(16-32)72-55(63)23-30-6-38(55)46(14-30)70-53(61)21-28-4-36(53)44(12-28)68-51(59)19-26-2-34(51)42(10-26)66-49/h25-48,57-64H,1-24H2. The summed E-state index contributed by atoms with van der Waals surface area (Å²) in [5.74, 6) is -13.2. The zero-order valence-electron chi connectivity index (χ0n) is 41.7. The number of hydrogen-bond acceptors (Lipinski definition) is 16. The summed E-state index contributed by atoms with van der Waals surface area (Å²) in [5.41, 5.74) is 0. The van der Waals surface area contributed by atoms with Crippen molar-refractivity contribution >= 4 is 0 Å². The lowest BCUT2D eigenvalue weighted by Gasteiger charge is -2.49. The number of fused-ring (bicyclic) bond motifs is 8. The van der Waals surface area contributed by atoms with Crippen LogP contribution in [0.3, 0.4) is 0 Å². The Bertz CT molecular complexity index is 1800. The molecular weight excluding hydrogens is 929 g/mol. The third-order valence-corrected chi connectivity index (χ3v) is 24.9. The molecule has 32 unspecified atom stereocenters. The minimum Gasteiger partial charge on any atom is -0.365 e. The molecule has 72 heavy (non-hydrogen) atoms. The molecule has 1 heterocycles. The molecule has 0 aromatic heterocycles. The first-order valence-electron chi connectivity index (χ1n) is 29.4. The van der Waals surface area contributed by atoms with E-state index in [1.807, 2.05) is 0 Å². The second-order valence-corrected chi connectivity index (χ2v) is 29.2. The van der Waals surface area contributed by atoms with E-state index in [0.717, 1.165) is 103 Å². The van der Waals surface area contributed by atoms with Gasteiger partial charge in [0.2, 0.25) is 0 Å². The lowest BCUT2D eigenvalue weighted by Crippen LogP contribution is -2.58. The van der Waals surface area contributed by atoms with Crippen molar-refractivity contribution in [1.82, 2.24) is 0 Å². The topological polar surface area (TPSA) is 236 Å². The molecule has 16 aliphatic carbocycles. The lowest BCUT2D eigenvalue weighted by atomic mass is 9.85. The fourth-order valence-corrected chi connectivity index (χ4v) is 22.7. The zero-order chi connectivity index (χ0) is 48.5. The Balaban J connectivity index is 0.667. The first kappa shape index (κ1) is 46.3. The summed E-state index contributed by atoms with van der Waals surface area (Å²) in [6, 6.07) is 0. The van der Waals surface area contributed by atoms with Crippen LogP contribution < -0.4 is 0 Å². The van der Waals surface area contributed by atoms with Crippen LogP contribution in [0.25, 0.3) is 0 Å². The van der Waals surface area contributed by atoms with E-state index >= 15 is 0 Å². The highest BCUT2D eigenvalue weighted by atomic mass is 16.7. The van der Waals surface area contributed by atoms with Gasteiger partial charge in [-0.25, -0.2) is 0 Å². The molecule has 0 aromatic carbocycles. The minimum atomic E-state index is -1.47. The summed E-state index contributed by atoms with van der Waals surface area (Å²) in [6.45, 7) is 0. The number of rotatable bonds is 0. The Morgan fingerprint density at radius 3 is 0.389 bits per heavy atom. The van der Waals surface area contributed by atoms with Gasteiger partial charge in [0.15, 0.2) is 46.3 Å². The molecule has 16 heteroatoms. The van der Waals surface area contributed by atoms with Gasteiger partial charge in [0.05, 0.1) is 48.8 Å². The van der Waals surface area contributed by atoms with Gasteiger partial charge < -0.3 is 78.7 Å². The van der Waals surface area contributed by atoms with Gasteiger partial charge in [-0.05, 0) is 150 Å². The Labute approximate surface area is 421 Å². The molecule has 0 radical (unpaired) electrons. The fraction of sp³-hybridized carbons (Fsp3) is 1.00. The molecule has 17 rings (SSSR count).